The highest BCUT2D eigenvalue weighted by Gasteiger charge is 2.05. The molecule has 0 aliphatic heterocycles. The Morgan fingerprint density at radius 2 is 2.33 bits per heavy atom. The van der Waals surface area contributed by atoms with Gasteiger partial charge in [-0.15, -0.1) is 11.6 Å². The molecule has 6 heteroatoms. The van der Waals surface area contributed by atoms with E-state index in [-0.39, 0.29) is 6.08 Å². The molecule has 0 N–H and O–H groups in total. The van der Waals surface area contributed by atoms with E-state index < -0.39 is 0 Å². The molecule has 2 rings (SSSR count). The lowest BCUT2D eigenvalue weighted by Gasteiger charge is -1.99. The molecule has 0 bridgehead atoms. The highest BCUT2D eigenvalue weighted by molar-refractivity contribution is 9.10. The molecule has 0 fully saturated rings. The second-order valence-corrected chi connectivity index (χ2v) is 3.86. The number of ether oxygens (including phenoxy) is 1. The number of hydrogen-bond donors (Lipinski definition) is 0. The number of hydrogen-bond acceptors (Lipinski definition) is 4. The van der Waals surface area contributed by atoms with Crippen LogP contribution in [0.15, 0.2) is 33.6 Å². The van der Waals surface area contributed by atoms with E-state index >= 15 is 0 Å². The summed E-state index contributed by atoms with van der Waals surface area (Å²) in [6.45, 7) is 0. The molecule has 0 saturated carbocycles. The molecule has 0 radical (unpaired) electrons. The molecule has 2 aromatic rings. The SMILES string of the molecule is ClCc1coc(Oc2cncc(Br)c2)n1. The smallest absolute Gasteiger partial charge is 0.399 e. The van der Waals surface area contributed by atoms with Gasteiger partial charge in [0.05, 0.1) is 17.8 Å². The van der Waals surface area contributed by atoms with Crippen molar-refractivity contribution in [2.75, 3.05) is 0 Å². The van der Waals surface area contributed by atoms with Gasteiger partial charge in [0.15, 0.2) is 5.75 Å². The average Bonchev–Trinajstić information content (AvgIpc) is 2.65. The molecule has 2 heterocycles. The number of halogens is 2. The van der Waals surface area contributed by atoms with E-state index in [0.717, 1.165) is 4.47 Å². The van der Waals surface area contributed by atoms with Crippen molar-refractivity contribution in [2.24, 2.45) is 0 Å². The lowest BCUT2D eigenvalue weighted by Crippen LogP contribution is -1.86. The zero-order valence-corrected chi connectivity index (χ0v) is 9.83. The van der Waals surface area contributed by atoms with Crippen LogP contribution in [-0.4, -0.2) is 9.97 Å². The zero-order valence-electron chi connectivity index (χ0n) is 7.48. The van der Waals surface area contributed by atoms with Gasteiger partial charge in [-0.2, -0.15) is 4.98 Å². The average molecular weight is 290 g/mol. The number of oxazole rings is 1. The summed E-state index contributed by atoms with van der Waals surface area (Å²) >= 11 is 8.85. The van der Waals surface area contributed by atoms with Gasteiger partial charge in [-0.3, -0.25) is 4.98 Å². The Morgan fingerprint density at radius 3 is 3.00 bits per heavy atom. The first-order valence-electron chi connectivity index (χ1n) is 4.06. The summed E-state index contributed by atoms with van der Waals surface area (Å²) in [6, 6.07) is 1.76. The van der Waals surface area contributed by atoms with Crippen LogP contribution < -0.4 is 4.74 Å². The van der Waals surface area contributed by atoms with Gasteiger partial charge in [-0.25, -0.2) is 0 Å². The molecule has 0 aromatic carbocycles. The second-order valence-electron chi connectivity index (χ2n) is 2.68. The Morgan fingerprint density at radius 1 is 1.47 bits per heavy atom. The van der Waals surface area contributed by atoms with Crippen molar-refractivity contribution in [3.8, 4) is 11.8 Å². The molecule has 0 saturated heterocycles. The van der Waals surface area contributed by atoms with Crippen LogP contribution in [-0.2, 0) is 5.88 Å². The lowest BCUT2D eigenvalue weighted by molar-refractivity contribution is 0.329. The Balaban J connectivity index is 2.14. The van der Waals surface area contributed by atoms with Gasteiger partial charge in [0.25, 0.3) is 0 Å². The van der Waals surface area contributed by atoms with Crippen molar-refractivity contribution >= 4 is 27.5 Å². The second kappa shape index (κ2) is 4.63. The summed E-state index contributed by atoms with van der Waals surface area (Å²) in [7, 11) is 0. The van der Waals surface area contributed by atoms with Gasteiger partial charge in [0.1, 0.15) is 6.26 Å². The van der Waals surface area contributed by atoms with Crippen molar-refractivity contribution < 1.29 is 9.15 Å². The van der Waals surface area contributed by atoms with Crippen LogP contribution >= 0.6 is 27.5 Å². The first-order valence-corrected chi connectivity index (χ1v) is 5.39. The zero-order chi connectivity index (χ0) is 10.7. The van der Waals surface area contributed by atoms with E-state index in [1.165, 1.54) is 6.26 Å². The Labute approximate surface area is 99.4 Å². The number of alkyl halides is 1. The molecule has 4 nitrogen and oxygen atoms in total. The van der Waals surface area contributed by atoms with E-state index in [9.17, 15) is 0 Å². The fourth-order valence-corrected chi connectivity index (χ4v) is 1.41. The van der Waals surface area contributed by atoms with Crippen molar-refractivity contribution in [1.29, 1.82) is 0 Å². The summed E-state index contributed by atoms with van der Waals surface area (Å²) in [5.74, 6) is 0.844. The standard InChI is InChI=1S/C9H6BrClN2O2/c10-6-1-8(4-12-3-6)15-9-13-7(2-11)5-14-9/h1,3-5H,2H2. The van der Waals surface area contributed by atoms with Crippen molar-refractivity contribution in [2.45, 2.75) is 5.88 Å². The number of nitrogens with zero attached hydrogens (tertiary/aromatic N) is 2. The maximum atomic E-state index is 5.57. The maximum Gasteiger partial charge on any atom is 0.399 e. The van der Waals surface area contributed by atoms with Crippen LogP contribution in [0.4, 0.5) is 0 Å². The van der Waals surface area contributed by atoms with Crippen LogP contribution in [0.3, 0.4) is 0 Å². The molecular formula is C9H6BrClN2O2. The summed E-state index contributed by atoms with van der Waals surface area (Å²) in [5, 5.41) is 0. The molecule has 0 amide bonds. The van der Waals surface area contributed by atoms with Gasteiger partial charge in [-0.1, -0.05) is 0 Å². The summed E-state index contributed by atoms with van der Waals surface area (Å²) < 4.78 is 11.2. The monoisotopic (exact) mass is 288 g/mol. The maximum absolute atomic E-state index is 5.57. The predicted molar refractivity (Wildman–Crippen MR) is 58.1 cm³/mol. The molecule has 0 atom stereocenters. The van der Waals surface area contributed by atoms with E-state index in [2.05, 4.69) is 25.9 Å². The highest BCUT2D eigenvalue weighted by Crippen LogP contribution is 2.22. The van der Waals surface area contributed by atoms with Gasteiger partial charge in [0.2, 0.25) is 0 Å². The normalized spacial score (nSPS) is 10.3. The molecule has 0 spiro atoms. The largest absolute Gasteiger partial charge is 0.417 e. The van der Waals surface area contributed by atoms with Crippen LogP contribution in [0.1, 0.15) is 5.69 Å². The Kier molecular flexibility index (Phi) is 3.23. The molecule has 0 unspecified atom stereocenters. The molecule has 2 aromatic heterocycles. The van der Waals surface area contributed by atoms with Gasteiger partial charge < -0.3 is 9.15 Å². The first kappa shape index (κ1) is 10.4. The van der Waals surface area contributed by atoms with E-state index in [0.29, 0.717) is 17.3 Å². The molecule has 78 valence electrons. The minimum Gasteiger partial charge on any atom is -0.417 e. The van der Waals surface area contributed by atoms with Crippen LogP contribution in [0.25, 0.3) is 0 Å². The Hall–Kier alpha value is -1.07. The lowest BCUT2D eigenvalue weighted by atomic mass is 10.5. The molecule has 15 heavy (non-hydrogen) atoms. The fourth-order valence-electron chi connectivity index (χ4n) is 0.946. The topological polar surface area (TPSA) is 48.2 Å². The number of rotatable bonds is 3. The first-order chi connectivity index (χ1) is 7.28. The van der Waals surface area contributed by atoms with Crippen LogP contribution in [0.2, 0.25) is 0 Å². The number of aromatic nitrogens is 2. The third-order valence-corrected chi connectivity index (χ3v) is 2.26. The van der Waals surface area contributed by atoms with Gasteiger partial charge in [-0.05, 0) is 22.0 Å². The predicted octanol–water partition coefficient (Wildman–Crippen LogP) is 3.36. The summed E-state index contributed by atoms with van der Waals surface area (Å²) in [5.41, 5.74) is 0.634. The van der Waals surface area contributed by atoms with Gasteiger partial charge in [0, 0.05) is 10.7 Å². The van der Waals surface area contributed by atoms with Crippen molar-refractivity contribution in [3.63, 3.8) is 0 Å². The van der Waals surface area contributed by atoms with E-state index in [4.69, 9.17) is 20.8 Å². The number of pyridine rings is 1. The van der Waals surface area contributed by atoms with Crippen molar-refractivity contribution in [1.82, 2.24) is 9.97 Å². The van der Waals surface area contributed by atoms with Crippen LogP contribution in [0.5, 0.6) is 11.8 Å². The fraction of sp³-hybridized carbons (Fsp3) is 0.111. The van der Waals surface area contributed by atoms with E-state index in [1.54, 1.807) is 18.5 Å². The minimum absolute atomic E-state index is 0.158. The molecular weight excluding hydrogens is 283 g/mol. The third-order valence-electron chi connectivity index (χ3n) is 1.55. The highest BCUT2D eigenvalue weighted by atomic mass is 79.9. The molecule has 0 aliphatic carbocycles. The van der Waals surface area contributed by atoms with Gasteiger partial charge >= 0.3 is 6.08 Å². The van der Waals surface area contributed by atoms with Crippen molar-refractivity contribution in [3.05, 3.63) is 34.9 Å². The molecule has 0 aliphatic rings. The minimum atomic E-state index is 0.158. The van der Waals surface area contributed by atoms with Crippen LogP contribution in [0, 0.1) is 0 Å². The van der Waals surface area contributed by atoms with E-state index in [1.807, 2.05) is 0 Å². The summed E-state index contributed by atoms with van der Waals surface area (Å²) in [6.07, 6.45) is 4.83. The summed E-state index contributed by atoms with van der Waals surface area (Å²) in [4.78, 5) is 7.93. The quantitative estimate of drug-likeness (QED) is 0.813. The third kappa shape index (κ3) is 2.70. The Bertz CT molecular complexity index is 461.